The van der Waals surface area contributed by atoms with Gasteiger partial charge >= 0.3 is 0 Å². The molecular formula is C10H12AlNO. The molecule has 0 radical (unpaired) electrons. The first-order chi connectivity index (χ1) is 5.77. The monoisotopic (exact) mass is 189 g/mol. The van der Waals surface area contributed by atoms with Gasteiger partial charge in [-0.25, -0.2) is 4.98 Å². The van der Waals surface area contributed by atoms with Crippen molar-refractivity contribution in [2.45, 2.75) is 13.3 Å². The topological polar surface area (TPSA) is 30.0 Å². The van der Waals surface area contributed by atoms with Crippen LogP contribution in [0.3, 0.4) is 0 Å². The van der Waals surface area contributed by atoms with Gasteiger partial charge in [0.1, 0.15) is 5.69 Å². The van der Waals surface area contributed by atoms with Gasteiger partial charge in [0.05, 0.1) is 0 Å². The van der Waals surface area contributed by atoms with Crippen LogP contribution in [0.15, 0.2) is 18.2 Å². The minimum atomic E-state index is 0. The van der Waals surface area contributed by atoms with E-state index in [-0.39, 0.29) is 23.1 Å². The van der Waals surface area contributed by atoms with E-state index in [2.05, 4.69) is 4.98 Å². The van der Waals surface area contributed by atoms with Crippen molar-refractivity contribution in [2.24, 2.45) is 0 Å². The van der Waals surface area contributed by atoms with Gasteiger partial charge in [-0.3, -0.25) is 4.79 Å². The molecule has 66 valence electrons. The number of Topliss-reactive ketones (excluding diaryl/α,β-unsaturated/α-hetero) is 1. The molecule has 0 fully saturated rings. The molecule has 0 amide bonds. The van der Waals surface area contributed by atoms with Gasteiger partial charge in [0, 0.05) is 17.7 Å². The largest absolute Gasteiger partial charge is 0.292 e. The van der Waals surface area contributed by atoms with Gasteiger partial charge in [0.2, 0.25) is 0 Å². The van der Waals surface area contributed by atoms with E-state index in [1.807, 2.05) is 31.2 Å². The highest BCUT2D eigenvalue weighted by molar-refractivity contribution is 6.00. The van der Waals surface area contributed by atoms with Crippen molar-refractivity contribution in [3.63, 3.8) is 0 Å². The molecule has 0 aliphatic heterocycles. The van der Waals surface area contributed by atoms with Crippen LogP contribution in [-0.2, 0) is 0 Å². The zero-order valence-corrected chi connectivity index (χ0v) is 6.87. The van der Waals surface area contributed by atoms with Crippen LogP contribution in [0, 0.1) is 6.92 Å². The van der Waals surface area contributed by atoms with Crippen LogP contribution in [0.2, 0.25) is 0 Å². The predicted molar refractivity (Wildman–Crippen MR) is 56.9 cm³/mol. The molecule has 1 aliphatic carbocycles. The molecule has 2 nitrogen and oxygen atoms in total. The SMILES string of the molecule is Cc1ccc2c(n1)C(=O)CC=C2.[AlH3]. The van der Waals surface area contributed by atoms with Crippen molar-refractivity contribution in [1.29, 1.82) is 0 Å². The van der Waals surface area contributed by atoms with Gasteiger partial charge in [-0.2, -0.15) is 0 Å². The van der Waals surface area contributed by atoms with E-state index in [0.29, 0.717) is 12.1 Å². The Morgan fingerprint density at radius 3 is 2.92 bits per heavy atom. The Labute approximate surface area is 87.8 Å². The first kappa shape index (κ1) is 10.2. The smallest absolute Gasteiger partial charge is 0.187 e. The van der Waals surface area contributed by atoms with Crippen molar-refractivity contribution < 1.29 is 4.79 Å². The number of pyridine rings is 1. The number of allylic oxidation sites excluding steroid dienone is 1. The molecule has 1 heterocycles. The minimum Gasteiger partial charge on any atom is -0.292 e. The Hall–Kier alpha value is -0.908. The third-order valence-corrected chi connectivity index (χ3v) is 1.93. The molecule has 1 aromatic heterocycles. The lowest BCUT2D eigenvalue weighted by Crippen LogP contribution is -2.07. The van der Waals surface area contributed by atoms with E-state index in [0.717, 1.165) is 11.3 Å². The lowest BCUT2D eigenvalue weighted by Gasteiger charge is -2.07. The molecule has 0 atom stereocenters. The number of carbonyl (C=O) groups excluding carboxylic acids is 1. The van der Waals surface area contributed by atoms with Crippen LogP contribution >= 0.6 is 0 Å². The van der Waals surface area contributed by atoms with Crippen LogP contribution in [0.1, 0.15) is 28.2 Å². The van der Waals surface area contributed by atoms with Crippen LogP contribution in [0.4, 0.5) is 0 Å². The summed E-state index contributed by atoms with van der Waals surface area (Å²) in [4.78, 5) is 15.5. The normalized spacial score (nSPS) is 13.5. The molecule has 0 saturated heterocycles. The van der Waals surface area contributed by atoms with Crippen molar-refractivity contribution in [3.05, 3.63) is 35.2 Å². The van der Waals surface area contributed by atoms with Crippen molar-refractivity contribution in [1.82, 2.24) is 4.98 Å². The predicted octanol–water partition coefficient (Wildman–Crippen LogP) is 0.806. The van der Waals surface area contributed by atoms with E-state index in [1.165, 1.54) is 0 Å². The maximum atomic E-state index is 11.3. The standard InChI is InChI=1S/C10H9NO.Al.3H/c1-7-5-6-8-3-2-4-9(12)10(8)11-7;;;;/h2-3,5-6H,4H2,1H3;;;;. The molecule has 2 rings (SSSR count). The minimum absolute atomic E-state index is 0. The fourth-order valence-electron chi connectivity index (χ4n) is 1.31. The van der Waals surface area contributed by atoms with Gasteiger partial charge in [-0.1, -0.05) is 18.2 Å². The first-order valence-electron chi connectivity index (χ1n) is 3.95. The Bertz CT molecular complexity index is 371. The second-order valence-electron chi connectivity index (χ2n) is 2.92. The molecule has 0 spiro atoms. The molecule has 0 saturated carbocycles. The summed E-state index contributed by atoms with van der Waals surface area (Å²) in [5, 5.41) is 0. The van der Waals surface area contributed by atoms with Crippen molar-refractivity contribution >= 4 is 29.2 Å². The summed E-state index contributed by atoms with van der Waals surface area (Å²) in [6.07, 6.45) is 4.31. The highest BCUT2D eigenvalue weighted by Crippen LogP contribution is 2.16. The third kappa shape index (κ3) is 1.88. The summed E-state index contributed by atoms with van der Waals surface area (Å²) < 4.78 is 0. The second-order valence-corrected chi connectivity index (χ2v) is 2.92. The molecule has 0 bridgehead atoms. The van der Waals surface area contributed by atoms with Gasteiger partial charge in [0.15, 0.2) is 23.1 Å². The zero-order chi connectivity index (χ0) is 8.55. The Kier molecular flexibility index (Phi) is 3.03. The Morgan fingerprint density at radius 1 is 1.38 bits per heavy atom. The number of aryl methyl sites for hydroxylation is 1. The van der Waals surface area contributed by atoms with E-state index < -0.39 is 0 Å². The summed E-state index contributed by atoms with van der Waals surface area (Å²) >= 11 is 0. The molecule has 0 aromatic carbocycles. The van der Waals surface area contributed by atoms with Crippen LogP contribution in [0.25, 0.3) is 6.08 Å². The van der Waals surface area contributed by atoms with Crippen LogP contribution in [0.5, 0.6) is 0 Å². The average Bonchev–Trinajstić information content (AvgIpc) is 2.07. The zero-order valence-electron chi connectivity index (χ0n) is 6.87. The van der Waals surface area contributed by atoms with E-state index in [9.17, 15) is 4.79 Å². The van der Waals surface area contributed by atoms with Gasteiger partial charge in [0.25, 0.3) is 0 Å². The number of ketones is 1. The van der Waals surface area contributed by atoms with Gasteiger partial charge in [-0.15, -0.1) is 0 Å². The highest BCUT2D eigenvalue weighted by Gasteiger charge is 2.13. The third-order valence-electron chi connectivity index (χ3n) is 1.93. The molecule has 13 heavy (non-hydrogen) atoms. The number of rotatable bonds is 0. The first-order valence-corrected chi connectivity index (χ1v) is 3.95. The van der Waals surface area contributed by atoms with Crippen LogP contribution in [-0.4, -0.2) is 28.1 Å². The van der Waals surface area contributed by atoms with Gasteiger partial charge < -0.3 is 0 Å². The van der Waals surface area contributed by atoms with Crippen molar-refractivity contribution in [3.8, 4) is 0 Å². The number of hydrogen-bond acceptors (Lipinski definition) is 2. The number of carbonyl (C=O) groups is 1. The number of fused-ring (bicyclic) bond motifs is 1. The molecule has 3 heteroatoms. The molecule has 1 aliphatic rings. The second kappa shape index (κ2) is 3.87. The van der Waals surface area contributed by atoms with Crippen LogP contribution < -0.4 is 0 Å². The number of aromatic nitrogens is 1. The summed E-state index contributed by atoms with van der Waals surface area (Å²) in [6, 6.07) is 3.85. The lowest BCUT2D eigenvalue weighted by molar-refractivity contribution is 0.0989. The lowest BCUT2D eigenvalue weighted by atomic mass is 10.0. The maximum Gasteiger partial charge on any atom is 0.187 e. The Balaban J connectivity index is 0.000000845. The fourth-order valence-corrected chi connectivity index (χ4v) is 1.31. The summed E-state index contributed by atoms with van der Waals surface area (Å²) in [5.41, 5.74) is 2.46. The summed E-state index contributed by atoms with van der Waals surface area (Å²) in [6.45, 7) is 1.89. The Morgan fingerprint density at radius 2 is 2.15 bits per heavy atom. The highest BCUT2D eigenvalue weighted by atomic mass is 27.0. The van der Waals surface area contributed by atoms with E-state index >= 15 is 0 Å². The van der Waals surface area contributed by atoms with E-state index in [1.54, 1.807) is 0 Å². The molecule has 1 aromatic rings. The van der Waals surface area contributed by atoms with Gasteiger partial charge in [-0.05, 0) is 13.0 Å². The summed E-state index contributed by atoms with van der Waals surface area (Å²) in [7, 11) is 0. The number of nitrogens with zero attached hydrogens (tertiary/aromatic N) is 1. The maximum absolute atomic E-state index is 11.3. The fraction of sp³-hybridized carbons (Fsp3) is 0.200. The van der Waals surface area contributed by atoms with Crippen molar-refractivity contribution in [2.75, 3.05) is 0 Å². The average molecular weight is 189 g/mol. The summed E-state index contributed by atoms with van der Waals surface area (Å²) in [5.74, 6) is 0.121. The molecule has 0 N–H and O–H groups in total. The molecular weight excluding hydrogens is 177 g/mol. The quantitative estimate of drug-likeness (QED) is 0.565. The van der Waals surface area contributed by atoms with E-state index in [4.69, 9.17) is 0 Å². The molecule has 0 unspecified atom stereocenters. The number of hydrogen-bond donors (Lipinski definition) is 0.